The lowest BCUT2D eigenvalue weighted by molar-refractivity contribution is -0.384. The van der Waals surface area contributed by atoms with E-state index in [0.717, 1.165) is 4.31 Å². The van der Waals surface area contributed by atoms with Crippen LogP contribution in [0.1, 0.15) is 18.5 Å². The van der Waals surface area contributed by atoms with Crippen LogP contribution in [0.2, 0.25) is 0 Å². The van der Waals surface area contributed by atoms with Gasteiger partial charge in [-0.1, -0.05) is 30.3 Å². The fourth-order valence-electron chi connectivity index (χ4n) is 3.03. The monoisotopic (exact) mass is 457 g/mol. The number of hydrogen-bond donors (Lipinski definition) is 1. The number of benzene rings is 3. The van der Waals surface area contributed by atoms with E-state index in [1.807, 2.05) is 0 Å². The Kier molecular flexibility index (Phi) is 6.84. The fraction of sp³-hybridized carbons (Fsp3) is 0.136. The van der Waals surface area contributed by atoms with Crippen molar-refractivity contribution in [2.24, 2.45) is 0 Å². The van der Waals surface area contributed by atoms with Crippen LogP contribution in [0.15, 0.2) is 83.8 Å². The molecule has 0 unspecified atom stereocenters. The molecule has 0 saturated heterocycles. The van der Waals surface area contributed by atoms with Gasteiger partial charge in [0.1, 0.15) is 12.4 Å². The average molecular weight is 457 g/mol. The van der Waals surface area contributed by atoms with Crippen molar-refractivity contribution >= 4 is 27.3 Å². The zero-order valence-corrected chi connectivity index (χ0v) is 17.8. The Morgan fingerprint density at radius 2 is 1.62 bits per heavy atom. The highest BCUT2D eigenvalue weighted by molar-refractivity contribution is 7.92. The molecule has 0 fully saturated rings. The SMILES string of the molecule is C[C@@H](NC(=O)CN(c1ccc([N+](=O)[O-])cc1)S(=O)(=O)c1ccccc1)c1ccc(F)cc1. The zero-order valence-electron chi connectivity index (χ0n) is 17.0. The van der Waals surface area contributed by atoms with Crippen molar-refractivity contribution in [2.45, 2.75) is 17.9 Å². The Hall–Kier alpha value is -3.79. The molecule has 0 spiro atoms. The van der Waals surface area contributed by atoms with Crippen LogP contribution in [0.4, 0.5) is 15.8 Å². The lowest BCUT2D eigenvalue weighted by atomic mass is 10.1. The highest BCUT2D eigenvalue weighted by atomic mass is 32.2. The van der Waals surface area contributed by atoms with E-state index in [1.165, 1.54) is 60.7 Å². The maximum Gasteiger partial charge on any atom is 0.269 e. The summed E-state index contributed by atoms with van der Waals surface area (Å²) in [5.41, 5.74) is 0.539. The summed E-state index contributed by atoms with van der Waals surface area (Å²) in [6.07, 6.45) is 0. The van der Waals surface area contributed by atoms with Gasteiger partial charge < -0.3 is 5.32 Å². The molecule has 10 heteroatoms. The number of rotatable bonds is 8. The molecule has 166 valence electrons. The maximum absolute atomic E-state index is 13.3. The summed E-state index contributed by atoms with van der Waals surface area (Å²) in [5, 5.41) is 13.6. The van der Waals surface area contributed by atoms with Crippen LogP contribution >= 0.6 is 0 Å². The molecular formula is C22H20FN3O5S. The van der Waals surface area contributed by atoms with Crippen molar-refractivity contribution in [1.29, 1.82) is 0 Å². The van der Waals surface area contributed by atoms with Gasteiger partial charge in [-0.3, -0.25) is 19.2 Å². The van der Waals surface area contributed by atoms with Crippen molar-refractivity contribution in [3.63, 3.8) is 0 Å². The second-order valence-electron chi connectivity index (χ2n) is 6.94. The largest absolute Gasteiger partial charge is 0.348 e. The number of non-ortho nitro benzene ring substituents is 1. The molecule has 32 heavy (non-hydrogen) atoms. The van der Waals surface area contributed by atoms with Gasteiger partial charge in [-0.25, -0.2) is 12.8 Å². The number of nitro benzene ring substituents is 1. The third-order valence-electron chi connectivity index (χ3n) is 4.71. The van der Waals surface area contributed by atoms with Gasteiger partial charge in [0.15, 0.2) is 0 Å². The van der Waals surface area contributed by atoms with Crippen LogP contribution in [-0.4, -0.2) is 25.8 Å². The second-order valence-corrected chi connectivity index (χ2v) is 8.80. The third kappa shape index (κ3) is 5.27. The van der Waals surface area contributed by atoms with Crippen molar-refractivity contribution in [3.8, 4) is 0 Å². The van der Waals surface area contributed by atoms with E-state index in [2.05, 4.69) is 5.32 Å². The molecule has 1 atom stereocenters. The van der Waals surface area contributed by atoms with Crippen LogP contribution < -0.4 is 9.62 Å². The first-order valence-electron chi connectivity index (χ1n) is 9.55. The van der Waals surface area contributed by atoms with E-state index >= 15 is 0 Å². The lowest BCUT2D eigenvalue weighted by Gasteiger charge is -2.25. The summed E-state index contributed by atoms with van der Waals surface area (Å²) in [7, 11) is -4.14. The molecule has 1 N–H and O–H groups in total. The first-order chi connectivity index (χ1) is 15.2. The van der Waals surface area contributed by atoms with Crippen LogP contribution in [0, 0.1) is 15.9 Å². The summed E-state index contributed by atoms with van der Waals surface area (Å²) in [6.45, 7) is 1.13. The molecule has 0 radical (unpaired) electrons. The molecule has 0 aliphatic carbocycles. The molecule has 0 aromatic heterocycles. The molecule has 3 rings (SSSR count). The average Bonchev–Trinajstić information content (AvgIpc) is 2.78. The number of amides is 1. The van der Waals surface area contributed by atoms with E-state index in [0.29, 0.717) is 5.56 Å². The van der Waals surface area contributed by atoms with Crippen molar-refractivity contribution < 1.29 is 22.5 Å². The molecule has 1 amide bonds. The quantitative estimate of drug-likeness (QED) is 0.409. The third-order valence-corrected chi connectivity index (χ3v) is 6.50. The summed E-state index contributed by atoms with van der Waals surface area (Å²) >= 11 is 0. The Morgan fingerprint density at radius 3 is 2.19 bits per heavy atom. The number of nitro groups is 1. The highest BCUT2D eigenvalue weighted by Gasteiger charge is 2.28. The number of sulfonamides is 1. The Labute approximate surface area is 184 Å². The van der Waals surface area contributed by atoms with Crippen LogP contribution in [-0.2, 0) is 14.8 Å². The molecule has 0 bridgehead atoms. The first-order valence-corrected chi connectivity index (χ1v) is 11.0. The normalized spacial score (nSPS) is 12.1. The van der Waals surface area contributed by atoms with Crippen molar-refractivity contribution in [3.05, 3.63) is 100 Å². The molecule has 8 nitrogen and oxygen atoms in total. The number of carbonyl (C=O) groups is 1. The summed E-state index contributed by atoms with van der Waals surface area (Å²) in [4.78, 5) is 23.0. The Balaban J connectivity index is 1.89. The minimum atomic E-state index is -4.14. The summed E-state index contributed by atoms with van der Waals surface area (Å²) < 4.78 is 40.5. The number of nitrogens with one attached hydrogen (secondary N) is 1. The van der Waals surface area contributed by atoms with Gasteiger partial charge in [0.2, 0.25) is 5.91 Å². The summed E-state index contributed by atoms with van der Waals surface area (Å²) in [6, 6.07) is 17.5. The van der Waals surface area contributed by atoms with Crippen LogP contribution in [0.25, 0.3) is 0 Å². The Morgan fingerprint density at radius 1 is 1.03 bits per heavy atom. The lowest BCUT2D eigenvalue weighted by Crippen LogP contribution is -2.41. The topological polar surface area (TPSA) is 110 Å². The summed E-state index contributed by atoms with van der Waals surface area (Å²) in [5.74, 6) is -1.01. The highest BCUT2D eigenvalue weighted by Crippen LogP contribution is 2.26. The van der Waals surface area contributed by atoms with E-state index in [9.17, 15) is 27.7 Å². The molecular weight excluding hydrogens is 437 g/mol. The van der Waals surface area contributed by atoms with E-state index < -0.39 is 39.3 Å². The first kappa shape index (κ1) is 22.9. The molecule has 0 heterocycles. The number of hydrogen-bond acceptors (Lipinski definition) is 5. The predicted molar refractivity (Wildman–Crippen MR) is 117 cm³/mol. The van der Waals surface area contributed by atoms with Crippen molar-refractivity contribution in [2.75, 3.05) is 10.8 Å². The number of carbonyl (C=O) groups excluding carboxylic acids is 1. The molecule has 3 aromatic carbocycles. The van der Waals surface area contributed by atoms with Gasteiger partial charge in [-0.05, 0) is 48.9 Å². The molecule has 3 aromatic rings. The minimum Gasteiger partial charge on any atom is -0.348 e. The number of halogens is 1. The van der Waals surface area contributed by atoms with Crippen LogP contribution in [0.3, 0.4) is 0 Å². The Bertz CT molecular complexity index is 1200. The molecule has 0 aliphatic heterocycles. The van der Waals surface area contributed by atoms with Crippen LogP contribution in [0.5, 0.6) is 0 Å². The van der Waals surface area contributed by atoms with Crippen molar-refractivity contribution in [1.82, 2.24) is 5.32 Å². The van der Waals surface area contributed by atoms with E-state index in [4.69, 9.17) is 0 Å². The zero-order chi connectivity index (χ0) is 23.3. The second kappa shape index (κ2) is 9.56. The smallest absolute Gasteiger partial charge is 0.269 e. The number of nitrogens with zero attached hydrogens (tertiary/aromatic N) is 2. The maximum atomic E-state index is 13.3. The van der Waals surface area contributed by atoms with Gasteiger partial charge in [-0.2, -0.15) is 0 Å². The standard InChI is InChI=1S/C22H20FN3O5S/c1-16(17-7-9-18(23)10-8-17)24-22(27)15-25(19-11-13-20(14-12-19)26(28)29)32(30,31)21-5-3-2-4-6-21/h2-14,16H,15H2,1H3,(H,24,27)/t16-/m1/s1. The van der Waals surface area contributed by atoms with Gasteiger partial charge in [0.05, 0.1) is 21.5 Å². The predicted octanol–water partition coefficient (Wildman–Crippen LogP) is 3.81. The molecule has 0 aliphatic rings. The van der Waals surface area contributed by atoms with Gasteiger partial charge in [0, 0.05) is 12.1 Å². The van der Waals surface area contributed by atoms with Gasteiger partial charge in [-0.15, -0.1) is 0 Å². The van der Waals surface area contributed by atoms with E-state index in [1.54, 1.807) is 25.1 Å². The van der Waals surface area contributed by atoms with Gasteiger partial charge in [0.25, 0.3) is 15.7 Å². The molecule has 0 saturated carbocycles. The fourth-order valence-corrected chi connectivity index (χ4v) is 4.47. The van der Waals surface area contributed by atoms with Gasteiger partial charge >= 0.3 is 0 Å². The van der Waals surface area contributed by atoms with E-state index in [-0.39, 0.29) is 16.3 Å². The minimum absolute atomic E-state index is 0.0299. The number of anilines is 1.